The normalized spacial score (nSPS) is 20.6. The number of rotatable bonds is 6. The largest absolute Gasteiger partial charge is 0.0775 e. The van der Waals surface area contributed by atoms with Crippen molar-refractivity contribution in [3.63, 3.8) is 0 Å². The first-order chi connectivity index (χ1) is 7.43. The van der Waals surface area contributed by atoms with E-state index in [1.54, 1.807) is 8.58 Å². The molecule has 1 saturated carbocycles. The SMILES string of the molecule is CCCCCC[P]C1CCCCCCC1. The fourth-order valence-electron chi connectivity index (χ4n) is 2.43. The van der Waals surface area contributed by atoms with Crippen molar-refractivity contribution in [2.24, 2.45) is 0 Å². The average molecular weight is 227 g/mol. The summed E-state index contributed by atoms with van der Waals surface area (Å²) in [6.07, 6.45) is 17.8. The molecule has 1 rings (SSSR count). The molecule has 0 saturated heterocycles. The molecular weight excluding hydrogens is 199 g/mol. The summed E-state index contributed by atoms with van der Waals surface area (Å²) >= 11 is 0. The lowest BCUT2D eigenvalue weighted by Gasteiger charge is -2.18. The summed E-state index contributed by atoms with van der Waals surface area (Å²) in [5, 5.41) is 0. The monoisotopic (exact) mass is 227 g/mol. The van der Waals surface area contributed by atoms with Crippen molar-refractivity contribution < 1.29 is 0 Å². The van der Waals surface area contributed by atoms with Gasteiger partial charge in [0.25, 0.3) is 0 Å². The first-order valence-corrected chi connectivity index (χ1v) is 8.25. The molecule has 1 aliphatic carbocycles. The van der Waals surface area contributed by atoms with Gasteiger partial charge in [-0.05, 0) is 31.1 Å². The fourth-order valence-corrected chi connectivity index (χ4v) is 3.93. The second-order valence-electron chi connectivity index (χ2n) is 4.97. The van der Waals surface area contributed by atoms with Crippen molar-refractivity contribution in [2.45, 2.75) is 83.2 Å². The van der Waals surface area contributed by atoms with Gasteiger partial charge in [-0.1, -0.05) is 66.9 Å². The topological polar surface area (TPSA) is 0 Å². The van der Waals surface area contributed by atoms with Gasteiger partial charge in [0.15, 0.2) is 0 Å². The zero-order valence-corrected chi connectivity index (χ0v) is 11.4. The molecular formula is C14H28P. The second kappa shape index (κ2) is 9.64. The van der Waals surface area contributed by atoms with Crippen LogP contribution >= 0.6 is 8.58 Å². The summed E-state index contributed by atoms with van der Waals surface area (Å²) in [4.78, 5) is 0. The molecule has 0 aromatic carbocycles. The third kappa shape index (κ3) is 7.34. The Morgan fingerprint density at radius 3 is 2.20 bits per heavy atom. The van der Waals surface area contributed by atoms with Gasteiger partial charge < -0.3 is 0 Å². The van der Waals surface area contributed by atoms with E-state index in [1.807, 2.05) is 0 Å². The van der Waals surface area contributed by atoms with Crippen molar-refractivity contribution >= 4 is 8.58 Å². The molecule has 0 bridgehead atoms. The lowest BCUT2D eigenvalue weighted by atomic mass is 10.0. The maximum atomic E-state index is 2.30. The highest BCUT2D eigenvalue weighted by atomic mass is 31.1. The van der Waals surface area contributed by atoms with Gasteiger partial charge in [-0.15, -0.1) is 0 Å². The molecule has 1 fully saturated rings. The molecule has 0 unspecified atom stereocenters. The van der Waals surface area contributed by atoms with Crippen molar-refractivity contribution in [1.29, 1.82) is 0 Å². The van der Waals surface area contributed by atoms with Gasteiger partial charge in [-0.3, -0.25) is 0 Å². The van der Waals surface area contributed by atoms with Crippen molar-refractivity contribution in [3.05, 3.63) is 0 Å². The summed E-state index contributed by atoms with van der Waals surface area (Å²) in [7, 11) is 1.78. The van der Waals surface area contributed by atoms with Gasteiger partial charge in [-0.2, -0.15) is 0 Å². The van der Waals surface area contributed by atoms with Crippen molar-refractivity contribution in [1.82, 2.24) is 0 Å². The van der Waals surface area contributed by atoms with Gasteiger partial charge in [0, 0.05) is 0 Å². The highest BCUT2D eigenvalue weighted by molar-refractivity contribution is 7.38. The van der Waals surface area contributed by atoms with Gasteiger partial charge >= 0.3 is 0 Å². The molecule has 0 amide bonds. The van der Waals surface area contributed by atoms with Crippen LogP contribution < -0.4 is 0 Å². The molecule has 1 radical (unpaired) electrons. The molecule has 0 spiro atoms. The maximum absolute atomic E-state index is 2.30. The van der Waals surface area contributed by atoms with E-state index >= 15 is 0 Å². The Bertz CT molecular complexity index is 125. The molecule has 1 aliphatic rings. The number of unbranched alkanes of at least 4 members (excludes halogenated alkanes) is 3. The van der Waals surface area contributed by atoms with Crippen LogP contribution in [0.4, 0.5) is 0 Å². The van der Waals surface area contributed by atoms with Crippen molar-refractivity contribution in [2.75, 3.05) is 6.16 Å². The minimum absolute atomic E-state index is 1.06. The molecule has 0 aromatic rings. The Balaban J connectivity index is 1.97. The van der Waals surface area contributed by atoms with Crippen LogP contribution in [-0.2, 0) is 0 Å². The number of hydrogen-bond acceptors (Lipinski definition) is 0. The Kier molecular flexibility index (Phi) is 8.67. The van der Waals surface area contributed by atoms with Gasteiger partial charge in [0.05, 0.1) is 0 Å². The first-order valence-electron chi connectivity index (χ1n) is 7.10. The van der Waals surface area contributed by atoms with Crippen LogP contribution in [0.25, 0.3) is 0 Å². The Hall–Kier alpha value is 0.430. The summed E-state index contributed by atoms with van der Waals surface area (Å²) in [5.74, 6) is 0. The number of hydrogen-bond donors (Lipinski definition) is 0. The van der Waals surface area contributed by atoms with E-state index in [1.165, 1.54) is 76.8 Å². The van der Waals surface area contributed by atoms with Crippen LogP contribution in [0.5, 0.6) is 0 Å². The molecule has 0 atom stereocenters. The van der Waals surface area contributed by atoms with E-state index in [2.05, 4.69) is 6.92 Å². The van der Waals surface area contributed by atoms with Gasteiger partial charge in [-0.25, -0.2) is 0 Å². The quantitative estimate of drug-likeness (QED) is 0.407. The standard InChI is InChI=1S/C14H28P/c1-2-3-4-10-13-15-14-11-8-6-5-7-9-12-14/h14H,2-13H2,1H3. The summed E-state index contributed by atoms with van der Waals surface area (Å²) in [6.45, 7) is 2.30. The third-order valence-electron chi connectivity index (χ3n) is 3.47. The van der Waals surface area contributed by atoms with E-state index in [0.29, 0.717) is 0 Å². The molecule has 0 aromatic heterocycles. The smallest absolute Gasteiger partial charge is 0.0170 e. The predicted octanol–water partition coefficient (Wildman–Crippen LogP) is 5.63. The molecule has 89 valence electrons. The maximum Gasteiger partial charge on any atom is -0.0170 e. The lowest BCUT2D eigenvalue weighted by molar-refractivity contribution is 0.510. The van der Waals surface area contributed by atoms with Crippen LogP contribution in [0.15, 0.2) is 0 Å². The Labute approximate surface area is 98.4 Å². The molecule has 0 aliphatic heterocycles. The zero-order valence-electron chi connectivity index (χ0n) is 10.5. The molecule has 0 N–H and O–H groups in total. The van der Waals surface area contributed by atoms with Crippen LogP contribution in [0.2, 0.25) is 0 Å². The minimum Gasteiger partial charge on any atom is -0.0775 e. The van der Waals surface area contributed by atoms with E-state index in [9.17, 15) is 0 Å². The van der Waals surface area contributed by atoms with E-state index in [4.69, 9.17) is 0 Å². The third-order valence-corrected chi connectivity index (χ3v) is 5.08. The van der Waals surface area contributed by atoms with Crippen LogP contribution in [-0.4, -0.2) is 11.8 Å². The highest BCUT2D eigenvalue weighted by Gasteiger charge is 2.10. The second-order valence-corrected chi connectivity index (χ2v) is 6.51. The lowest BCUT2D eigenvalue weighted by Crippen LogP contribution is -2.04. The first kappa shape index (κ1) is 13.5. The average Bonchev–Trinajstić information content (AvgIpc) is 2.20. The van der Waals surface area contributed by atoms with Gasteiger partial charge in [0.2, 0.25) is 0 Å². The summed E-state index contributed by atoms with van der Waals surface area (Å²) < 4.78 is 0. The zero-order chi connectivity index (χ0) is 10.8. The van der Waals surface area contributed by atoms with Crippen LogP contribution in [0, 0.1) is 0 Å². The molecule has 0 nitrogen and oxygen atoms in total. The fraction of sp³-hybridized carbons (Fsp3) is 1.00. The molecule has 15 heavy (non-hydrogen) atoms. The molecule has 0 heterocycles. The van der Waals surface area contributed by atoms with Crippen molar-refractivity contribution in [3.8, 4) is 0 Å². The van der Waals surface area contributed by atoms with Gasteiger partial charge in [0.1, 0.15) is 0 Å². The van der Waals surface area contributed by atoms with E-state index in [-0.39, 0.29) is 0 Å². The van der Waals surface area contributed by atoms with Crippen LogP contribution in [0.3, 0.4) is 0 Å². The summed E-state index contributed by atoms with van der Waals surface area (Å²) in [5.41, 5.74) is 1.06. The Morgan fingerprint density at radius 2 is 1.53 bits per heavy atom. The summed E-state index contributed by atoms with van der Waals surface area (Å²) in [6, 6.07) is 0. The highest BCUT2D eigenvalue weighted by Crippen LogP contribution is 2.31. The van der Waals surface area contributed by atoms with E-state index < -0.39 is 0 Å². The van der Waals surface area contributed by atoms with Crippen LogP contribution in [0.1, 0.15) is 77.6 Å². The molecule has 1 heteroatoms. The minimum atomic E-state index is 1.06. The van der Waals surface area contributed by atoms with E-state index in [0.717, 1.165) is 5.66 Å². The predicted molar refractivity (Wildman–Crippen MR) is 72.0 cm³/mol. The Morgan fingerprint density at radius 1 is 0.867 bits per heavy atom.